The number of hydrogen-bond donors (Lipinski definition) is 1. The molecular formula is C12H12ClF2N3O. The summed E-state index contributed by atoms with van der Waals surface area (Å²) in [5.41, 5.74) is 6.20. The number of anilines is 1. The largest absolute Gasteiger partial charge is 0.484 e. The second kappa shape index (κ2) is 5.05. The lowest BCUT2D eigenvalue weighted by Gasteiger charge is -2.09. The summed E-state index contributed by atoms with van der Waals surface area (Å²) < 4.78 is 33.5. The van der Waals surface area contributed by atoms with E-state index >= 15 is 0 Å². The number of nitrogens with zero attached hydrogens (tertiary/aromatic N) is 2. The number of nitrogen functional groups attached to an aromatic ring is 1. The molecule has 7 heteroatoms. The van der Waals surface area contributed by atoms with Gasteiger partial charge >= 0.3 is 0 Å². The van der Waals surface area contributed by atoms with Gasteiger partial charge in [0.25, 0.3) is 0 Å². The van der Waals surface area contributed by atoms with E-state index in [2.05, 4.69) is 5.10 Å². The first-order chi connectivity index (χ1) is 8.90. The maximum absolute atomic E-state index is 13.5. The minimum Gasteiger partial charge on any atom is -0.484 e. The van der Waals surface area contributed by atoms with Gasteiger partial charge in [0, 0.05) is 19.2 Å². The number of ether oxygens (including phenoxy) is 1. The molecule has 0 bridgehead atoms. The lowest BCUT2D eigenvalue weighted by molar-refractivity contribution is 0.279. The molecule has 0 aliphatic rings. The topological polar surface area (TPSA) is 53.1 Å². The second-order valence-electron chi connectivity index (χ2n) is 4.06. The van der Waals surface area contributed by atoms with Gasteiger partial charge in [0.1, 0.15) is 12.4 Å². The highest BCUT2D eigenvalue weighted by atomic mass is 35.5. The van der Waals surface area contributed by atoms with E-state index in [1.54, 1.807) is 14.0 Å². The van der Waals surface area contributed by atoms with Crippen molar-refractivity contribution in [2.75, 3.05) is 5.73 Å². The zero-order valence-electron chi connectivity index (χ0n) is 10.4. The molecule has 0 atom stereocenters. The number of aromatic nitrogens is 2. The first-order valence-corrected chi connectivity index (χ1v) is 5.83. The first-order valence-electron chi connectivity index (χ1n) is 5.45. The SMILES string of the molecule is Cc1nn(C)c(COc2cc(F)c(N)cc2F)c1Cl. The molecule has 0 saturated carbocycles. The predicted molar refractivity (Wildman–Crippen MR) is 68.1 cm³/mol. The van der Waals surface area contributed by atoms with Crippen molar-refractivity contribution < 1.29 is 13.5 Å². The molecule has 2 rings (SSSR count). The van der Waals surface area contributed by atoms with Crippen LogP contribution in [0, 0.1) is 18.6 Å². The molecule has 0 aliphatic heterocycles. The van der Waals surface area contributed by atoms with Crippen molar-refractivity contribution >= 4 is 17.3 Å². The molecular weight excluding hydrogens is 276 g/mol. The Morgan fingerprint density at radius 3 is 2.63 bits per heavy atom. The summed E-state index contributed by atoms with van der Waals surface area (Å²) in [7, 11) is 1.69. The number of halogens is 3. The van der Waals surface area contributed by atoms with Crippen LogP contribution in [0.4, 0.5) is 14.5 Å². The quantitative estimate of drug-likeness (QED) is 0.883. The maximum atomic E-state index is 13.5. The molecule has 1 heterocycles. The summed E-state index contributed by atoms with van der Waals surface area (Å²) >= 11 is 6.03. The summed E-state index contributed by atoms with van der Waals surface area (Å²) in [5, 5.41) is 4.54. The molecule has 19 heavy (non-hydrogen) atoms. The Labute approximate surface area is 113 Å². The van der Waals surface area contributed by atoms with Crippen molar-refractivity contribution in [3.8, 4) is 5.75 Å². The Kier molecular flexibility index (Phi) is 3.61. The average Bonchev–Trinajstić information content (AvgIpc) is 2.57. The smallest absolute Gasteiger partial charge is 0.167 e. The van der Waals surface area contributed by atoms with Crippen LogP contribution < -0.4 is 10.5 Å². The van der Waals surface area contributed by atoms with E-state index in [4.69, 9.17) is 22.1 Å². The zero-order valence-corrected chi connectivity index (χ0v) is 11.1. The standard InChI is InChI=1S/C12H12ClF2N3O/c1-6-12(13)10(18(2)17-6)5-19-11-4-7(14)9(16)3-8(11)15/h3-4H,5,16H2,1-2H3. The van der Waals surface area contributed by atoms with E-state index in [0.29, 0.717) is 16.4 Å². The van der Waals surface area contributed by atoms with E-state index in [0.717, 1.165) is 12.1 Å². The van der Waals surface area contributed by atoms with Gasteiger partial charge in [-0.3, -0.25) is 4.68 Å². The van der Waals surface area contributed by atoms with Crippen LogP contribution in [0.1, 0.15) is 11.4 Å². The van der Waals surface area contributed by atoms with E-state index in [-0.39, 0.29) is 18.0 Å². The molecule has 1 aromatic heterocycles. The van der Waals surface area contributed by atoms with Gasteiger partial charge in [-0.25, -0.2) is 8.78 Å². The number of aryl methyl sites for hydroxylation is 2. The molecule has 0 radical (unpaired) electrons. The molecule has 2 N–H and O–H groups in total. The van der Waals surface area contributed by atoms with Crippen molar-refractivity contribution in [2.24, 2.45) is 7.05 Å². The van der Waals surface area contributed by atoms with Crippen LogP contribution in [-0.4, -0.2) is 9.78 Å². The minimum atomic E-state index is -0.733. The minimum absolute atomic E-state index is 0.0174. The Balaban J connectivity index is 2.21. The lowest BCUT2D eigenvalue weighted by atomic mass is 10.3. The molecule has 0 fully saturated rings. The van der Waals surface area contributed by atoms with E-state index in [1.165, 1.54) is 4.68 Å². The molecule has 0 amide bonds. The van der Waals surface area contributed by atoms with Crippen molar-refractivity contribution in [1.82, 2.24) is 9.78 Å². The van der Waals surface area contributed by atoms with Crippen LogP contribution in [0.3, 0.4) is 0 Å². The van der Waals surface area contributed by atoms with Gasteiger partial charge in [0.05, 0.1) is 22.1 Å². The molecule has 0 unspecified atom stereocenters. The molecule has 0 saturated heterocycles. The number of benzene rings is 1. The number of hydrogen-bond acceptors (Lipinski definition) is 3. The highest BCUT2D eigenvalue weighted by Crippen LogP contribution is 2.25. The van der Waals surface area contributed by atoms with Crippen LogP contribution in [0.15, 0.2) is 12.1 Å². The Bertz CT molecular complexity index is 628. The molecule has 0 spiro atoms. The lowest BCUT2D eigenvalue weighted by Crippen LogP contribution is -2.05. The fourth-order valence-electron chi connectivity index (χ4n) is 1.64. The van der Waals surface area contributed by atoms with Gasteiger partial charge in [0.15, 0.2) is 11.6 Å². The Hall–Kier alpha value is -1.82. The van der Waals surface area contributed by atoms with Gasteiger partial charge in [-0.2, -0.15) is 5.10 Å². The first kappa shape index (κ1) is 13.6. The van der Waals surface area contributed by atoms with Crippen molar-refractivity contribution in [1.29, 1.82) is 0 Å². The van der Waals surface area contributed by atoms with Crippen molar-refractivity contribution in [3.63, 3.8) is 0 Å². The normalized spacial score (nSPS) is 10.8. The molecule has 2 aromatic rings. The van der Waals surface area contributed by atoms with Gasteiger partial charge in [0.2, 0.25) is 0 Å². The van der Waals surface area contributed by atoms with Crippen LogP contribution in [0.25, 0.3) is 0 Å². The van der Waals surface area contributed by atoms with Crippen LogP contribution in [0.2, 0.25) is 5.02 Å². The summed E-state index contributed by atoms with van der Waals surface area (Å²) in [6.07, 6.45) is 0. The Morgan fingerprint density at radius 2 is 2.05 bits per heavy atom. The summed E-state index contributed by atoms with van der Waals surface area (Å²) in [5.74, 6) is -1.68. The van der Waals surface area contributed by atoms with Crippen LogP contribution in [-0.2, 0) is 13.7 Å². The molecule has 0 aliphatic carbocycles. The highest BCUT2D eigenvalue weighted by molar-refractivity contribution is 6.31. The van der Waals surface area contributed by atoms with Gasteiger partial charge < -0.3 is 10.5 Å². The van der Waals surface area contributed by atoms with E-state index in [1.807, 2.05) is 0 Å². The van der Waals surface area contributed by atoms with Crippen molar-refractivity contribution in [2.45, 2.75) is 13.5 Å². The monoisotopic (exact) mass is 287 g/mol. The average molecular weight is 288 g/mol. The van der Waals surface area contributed by atoms with Crippen molar-refractivity contribution in [3.05, 3.63) is 40.2 Å². The van der Waals surface area contributed by atoms with Gasteiger partial charge in [-0.05, 0) is 6.92 Å². The molecule has 4 nitrogen and oxygen atoms in total. The van der Waals surface area contributed by atoms with Gasteiger partial charge in [-0.1, -0.05) is 11.6 Å². The predicted octanol–water partition coefficient (Wildman–Crippen LogP) is 2.82. The maximum Gasteiger partial charge on any atom is 0.167 e. The Morgan fingerprint density at radius 1 is 1.37 bits per heavy atom. The van der Waals surface area contributed by atoms with Gasteiger partial charge in [-0.15, -0.1) is 0 Å². The fraction of sp³-hybridized carbons (Fsp3) is 0.250. The highest BCUT2D eigenvalue weighted by Gasteiger charge is 2.14. The fourth-order valence-corrected chi connectivity index (χ4v) is 1.85. The second-order valence-corrected chi connectivity index (χ2v) is 4.44. The molecule has 102 valence electrons. The molecule has 1 aromatic carbocycles. The zero-order chi connectivity index (χ0) is 14.2. The number of nitrogens with two attached hydrogens (primary N) is 1. The van der Waals surface area contributed by atoms with E-state index in [9.17, 15) is 8.78 Å². The van der Waals surface area contributed by atoms with E-state index < -0.39 is 11.6 Å². The summed E-state index contributed by atoms with van der Waals surface area (Å²) in [6, 6.07) is 1.78. The van der Waals surface area contributed by atoms with Crippen LogP contribution in [0.5, 0.6) is 5.75 Å². The summed E-state index contributed by atoms with van der Waals surface area (Å²) in [6.45, 7) is 1.73. The third-order valence-electron chi connectivity index (χ3n) is 2.68. The number of rotatable bonds is 3. The third-order valence-corrected chi connectivity index (χ3v) is 3.17. The van der Waals surface area contributed by atoms with Crippen LogP contribution >= 0.6 is 11.6 Å². The summed E-state index contributed by atoms with van der Waals surface area (Å²) in [4.78, 5) is 0. The third kappa shape index (κ3) is 2.63.